The molecule has 0 aliphatic heterocycles. The van der Waals surface area contributed by atoms with Gasteiger partial charge in [0, 0.05) is 0 Å². The molecule has 0 unspecified atom stereocenters. The summed E-state index contributed by atoms with van der Waals surface area (Å²) in [6.45, 7) is 0. The minimum absolute atomic E-state index is 0.273. The number of fused-ring (bicyclic) bond motifs is 3. The van der Waals surface area contributed by atoms with Crippen LogP contribution in [0.1, 0.15) is 0 Å². The summed E-state index contributed by atoms with van der Waals surface area (Å²) < 4.78 is 14.6. The number of nitrogens with zero attached hydrogens (tertiary/aromatic N) is 2. The zero-order chi connectivity index (χ0) is 10.4. The molecular formula is C10H6FN3O. The third-order valence-electron chi connectivity index (χ3n) is 2.34. The highest BCUT2D eigenvalue weighted by atomic mass is 19.1. The number of halogens is 1. The first-order valence-electron chi connectivity index (χ1n) is 4.39. The van der Waals surface area contributed by atoms with Crippen LogP contribution in [0.4, 0.5) is 4.39 Å². The van der Waals surface area contributed by atoms with Crippen LogP contribution in [0.5, 0.6) is 0 Å². The lowest BCUT2D eigenvalue weighted by Crippen LogP contribution is -2.09. The summed E-state index contributed by atoms with van der Waals surface area (Å²) in [5, 5.41) is 0. The van der Waals surface area contributed by atoms with Crippen molar-refractivity contribution in [1.29, 1.82) is 0 Å². The van der Waals surface area contributed by atoms with Crippen LogP contribution < -0.4 is 5.56 Å². The van der Waals surface area contributed by atoms with Gasteiger partial charge in [0.05, 0.1) is 23.6 Å². The monoisotopic (exact) mass is 203 g/mol. The summed E-state index contributed by atoms with van der Waals surface area (Å²) in [6.07, 6.45) is 3.01. The fourth-order valence-corrected chi connectivity index (χ4v) is 1.66. The average molecular weight is 203 g/mol. The second-order valence-electron chi connectivity index (χ2n) is 3.26. The average Bonchev–Trinajstić information content (AvgIpc) is 2.66. The molecule has 0 aliphatic rings. The van der Waals surface area contributed by atoms with Gasteiger partial charge in [-0.3, -0.25) is 9.20 Å². The Kier molecular flexibility index (Phi) is 1.45. The van der Waals surface area contributed by atoms with Crippen molar-refractivity contribution in [1.82, 2.24) is 14.4 Å². The van der Waals surface area contributed by atoms with Crippen molar-refractivity contribution in [3.63, 3.8) is 0 Å². The molecule has 3 rings (SSSR count). The van der Waals surface area contributed by atoms with Crippen LogP contribution in [-0.2, 0) is 0 Å². The fraction of sp³-hybridized carbons (Fsp3) is 0. The summed E-state index contributed by atoms with van der Waals surface area (Å²) >= 11 is 0. The molecule has 3 aromatic rings. The van der Waals surface area contributed by atoms with Crippen molar-refractivity contribution in [3.8, 4) is 0 Å². The summed E-state index contributed by atoms with van der Waals surface area (Å²) in [7, 11) is 0. The van der Waals surface area contributed by atoms with Crippen molar-refractivity contribution in [2.45, 2.75) is 0 Å². The maximum absolute atomic E-state index is 12.9. The van der Waals surface area contributed by atoms with Gasteiger partial charge in [-0.15, -0.1) is 0 Å². The Morgan fingerprint density at radius 2 is 2.20 bits per heavy atom. The van der Waals surface area contributed by atoms with Crippen molar-refractivity contribution >= 4 is 16.6 Å². The maximum Gasteiger partial charge on any atom is 0.274 e. The minimum Gasteiger partial charge on any atom is -0.319 e. The van der Waals surface area contributed by atoms with Crippen molar-refractivity contribution < 1.29 is 4.39 Å². The molecule has 2 aromatic heterocycles. The number of nitrogens with one attached hydrogen (secondary N) is 1. The molecule has 1 N–H and O–H groups in total. The SMILES string of the molecule is O=c1[nH]c2cc(F)ccc2n2cncc12. The van der Waals surface area contributed by atoms with E-state index in [0.29, 0.717) is 11.0 Å². The molecular weight excluding hydrogens is 197 g/mol. The first-order chi connectivity index (χ1) is 7.25. The molecule has 0 amide bonds. The largest absolute Gasteiger partial charge is 0.319 e. The van der Waals surface area contributed by atoms with E-state index in [-0.39, 0.29) is 11.4 Å². The lowest BCUT2D eigenvalue weighted by molar-refractivity contribution is 0.629. The van der Waals surface area contributed by atoms with Crippen LogP contribution in [0, 0.1) is 5.82 Å². The van der Waals surface area contributed by atoms with Crippen LogP contribution in [0.25, 0.3) is 16.6 Å². The molecule has 4 nitrogen and oxygen atoms in total. The number of H-pyrrole nitrogens is 1. The van der Waals surface area contributed by atoms with E-state index in [1.54, 1.807) is 10.5 Å². The molecule has 0 bridgehead atoms. The molecule has 1 aromatic carbocycles. The topological polar surface area (TPSA) is 50.2 Å². The van der Waals surface area contributed by atoms with Crippen LogP contribution in [0.2, 0.25) is 0 Å². The Morgan fingerprint density at radius 3 is 3.07 bits per heavy atom. The van der Waals surface area contributed by atoms with Crippen LogP contribution in [0.3, 0.4) is 0 Å². The van der Waals surface area contributed by atoms with E-state index >= 15 is 0 Å². The third kappa shape index (κ3) is 1.06. The first-order valence-corrected chi connectivity index (χ1v) is 4.39. The highest BCUT2D eigenvalue weighted by molar-refractivity contribution is 5.77. The molecule has 5 heteroatoms. The van der Waals surface area contributed by atoms with Gasteiger partial charge in [-0.1, -0.05) is 0 Å². The summed E-state index contributed by atoms with van der Waals surface area (Å²) in [5.41, 5.74) is 1.37. The Hall–Kier alpha value is -2.17. The van der Waals surface area contributed by atoms with Gasteiger partial charge in [0.2, 0.25) is 0 Å². The van der Waals surface area contributed by atoms with Gasteiger partial charge in [-0.2, -0.15) is 0 Å². The lowest BCUT2D eigenvalue weighted by atomic mass is 10.3. The Morgan fingerprint density at radius 1 is 1.33 bits per heavy atom. The van der Waals surface area contributed by atoms with E-state index in [1.807, 2.05) is 0 Å². The Balaban J connectivity index is 2.66. The van der Waals surface area contributed by atoms with Crippen molar-refractivity contribution in [2.75, 3.05) is 0 Å². The quantitative estimate of drug-likeness (QED) is 0.599. The second kappa shape index (κ2) is 2.66. The predicted molar refractivity (Wildman–Crippen MR) is 53.3 cm³/mol. The normalized spacial score (nSPS) is 11.3. The number of aromatic nitrogens is 3. The number of aromatic amines is 1. The van der Waals surface area contributed by atoms with Gasteiger partial charge in [-0.05, 0) is 18.2 Å². The predicted octanol–water partition coefficient (Wildman–Crippen LogP) is 1.31. The smallest absolute Gasteiger partial charge is 0.274 e. The van der Waals surface area contributed by atoms with E-state index in [1.165, 1.54) is 24.7 Å². The zero-order valence-electron chi connectivity index (χ0n) is 7.57. The Labute approximate surface area is 83.0 Å². The third-order valence-corrected chi connectivity index (χ3v) is 2.34. The van der Waals surface area contributed by atoms with Crippen LogP contribution in [-0.4, -0.2) is 14.4 Å². The van der Waals surface area contributed by atoms with Gasteiger partial charge in [0.15, 0.2) is 0 Å². The zero-order valence-corrected chi connectivity index (χ0v) is 7.57. The molecule has 0 spiro atoms. The van der Waals surface area contributed by atoms with Crippen LogP contribution >= 0.6 is 0 Å². The molecule has 0 saturated heterocycles. The standard InChI is InChI=1S/C10H6FN3O/c11-6-1-2-8-7(3-6)13-10(15)9-4-12-5-14(8)9/h1-5H,(H,13,15). The molecule has 0 fully saturated rings. The molecule has 2 heterocycles. The van der Waals surface area contributed by atoms with Gasteiger partial charge in [0.1, 0.15) is 11.3 Å². The van der Waals surface area contributed by atoms with Gasteiger partial charge in [-0.25, -0.2) is 9.37 Å². The molecule has 74 valence electrons. The van der Waals surface area contributed by atoms with E-state index in [0.717, 1.165) is 5.52 Å². The highest BCUT2D eigenvalue weighted by Crippen LogP contribution is 2.12. The van der Waals surface area contributed by atoms with Crippen LogP contribution in [0.15, 0.2) is 35.5 Å². The number of hydrogen-bond donors (Lipinski definition) is 1. The molecule has 0 atom stereocenters. The van der Waals surface area contributed by atoms with E-state index < -0.39 is 0 Å². The van der Waals surface area contributed by atoms with E-state index in [2.05, 4.69) is 9.97 Å². The van der Waals surface area contributed by atoms with Gasteiger partial charge in [0.25, 0.3) is 5.56 Å². The van der Waals surface area contributed by atoms with Crippen molar-refractivity contribution in [3.05, 3.63) is 46.9 Å². The molecule has 0 radical (unpaired) electrons. The Bertz CT molecular complexity index is 713. The minimum atomic E-state index is -0.377. The summed E-state index contributed by atoms with van der Waals surface area (Å²) in [6, 6.07) is 4.24. The van der Waals surface area contributed by atoms with E-state index in [9.17, 15) is 9.18 Å². The van der Waals surface area contributed by atoms with Gasteiger partial charge >= 0.3 is 0 Å². The number of imidazole rings is 1. The highest BCUT2D eigenvalue weighted by Gasteiger charge is 2.04. The fourth-order valence-electron chi connectivity index (χ4n) is 1.66. The summed E-state index contributed by atoms with van der Waals surface area (Å²) in [4.78, 5) is 18.0. The lowest BCUT2D eigenvalue weighted by Gasteiger charge is -2.01. The van der Waals surface area contributed by atoms with Gasteiger partial charge < -0.3 is 4.98 Å². The maximum atomic E-state index is 12.9. The second-order valence-corrected chi connectivity index (χ2v) is 3.26. The number of rotatable bonds is 0. The first kappa shape index (κ1) is 8.16. The number of hydrogen-bond acceptors (Lipinski definition) is 2. The number of benzene rings is 1. The molecule has 0 saturated carbocycles. The van der Waals surface area contributed by atoms with Crippen molar-refractivity contribution in [2.24, 2.45) is 0 Å². The van der Waals surface area contributed by atoms with E-state index in [4.69, 9.17) is 0 Å². The molecule has 0 aliphatic carbocycles. The summed E-state index contributed by atoms with van der Waals surface area (Å²) in [5.74, 6) is -0.377. The molecule has 15 heavy (non-hydrogen) atoms.